The number of ether oxygens (including phenoxy) is 2. The van der Waals surface area contributed by atoms with Crippen LogP contribution in [0.1, 0.15) is 328 Å². The molecule has 11 nitrogen and oxygen atoms in total. The lowest BCUT2D eigenvalue weighted by atomic mass is 9.98. The molecule has 9 unspecified atom stereocenters. The number of carbonyl (C=O) groups excluding carboxylic acids is 1. The van der Waals surface area contributed by atoms with Gasteiger partial charge in [-0.05, 0) is 38.5 Å². The average Bonchev–Trinajstić information content (AvgIpc) is 3.42. The van der Waals surface area contributed by atoms with Crippen LogP contribution >= 0.6 is 0 Å². The summed E-state index contributed by atoms with van der Waals surface area (Å²) in [7, 11) is 0. The molecule has 452 valence electrons. The van der Waals surface area contributed by atoms with Crippen molar-refractivity contribution in [1.29, 1.82) is 0 Å². The van der Waals surface area contributed by atoms with Crippen molar-refractivity contribution in [3.05, 3.63) is 12.2 Å². The molecule has 0 spiro atoms. The maximum atomic E-state index is 13.2. The summed E-state index contributed by atoms with van der Waals surface area (Å²) in [6, 6.07) is -1.16. The minimum absolute atomic E-state index is 0.265. The summed E-state index contributed by atoms with van der Waals surface area (Å²) >= 11 is 0. The Morgan fingerprint density at radius 2 is 0.763 bits per heavy atom. The van der Waals surface area contributed by atoms with E-state index in [4.69, 9.17) is 9.47 Å². The lowest BCUT2D eigenvalue weighted by Crippen LogP contribution is -2.60. The fourth-order valence-corrected chi connectivity index (χ4v) is 11.0. The molecule has 0 aromatic heterocycles. The molecule has 0 aromatic carbocycles. The van der Waals surface area contributed by atoms with Crippen molar-refractivity contribution in [2.45, 2.75) is 384 Å². The van der Waals surface area contributed by atoms with Crippen LogP contribution in [0.25, 0.3) is 0 Å². The molecule has 0 bridgehead atoms. The smallest absolute Gasteiger partial charge is 0.249 e. The van der Waals surface area contributed by atoms with Crippen LogP contribution in [-0.2, 0) is 14.3 Å². The van der Waals surface area contributed by atoms with Gasteiger partial charge in [-0.2, -0.15) is 0 Å². The van der Waals surface area contributed by atoms with Gasteiger partial charge >= 0.3 is 0 Å². The van der Waals surface area contributed by atoms with Crippen LogP contribution in [0.3, 0.4) is 0 Å². The van der Waals surface area contributed by atoms with Crippen molar-refractivity contribution in [3.63, 3.8) is 0 Å². The lowest BCUT2D eigenvalue weighted by Gasteiger charge is -2.40. The van der Waals surface area contributed by atoms with Crippen molar-refractivity contribution < 1.29 is 50.0 Å². The van der Waals surface area contributed by atoms with Gasteiger partial charge < -0.3 is 50.5 Å². The van der Waals surface area contributed by atoms with Crippen LogP contribution in [0, 0.1) is 0 Å². The Kier molecular flexibility index (Phi) is 52.2. The Hall–Kier alpha value is -1.15. The van der Waals surface area contributed by atoms with E-state index in [2.05, 4.69) is 31.3 Å². The molecule has 11 heteroatoms. The Morgan fingerprint density at radius 3 is 1.11 bits per heavy atom. The molecule has 1 fully saturated rings. The van der Waals surface area contributed by atoms with Gasteiger partial charge in [-0.15, -0.1) is 0 Å². The highest BCUT2D eigenvalue weighted by molar-refractivity contribution is 5.80. The van der Waals surface area contributed by atoms with Crippen LogP contribution in [0.4, 0.5) is 0 Å². The molecule has 1 heterocycles. The minimum atomic E-state index is -1.66. The fourth-order valence-electron chi connectivity index (χ4n) is 11.0. The lowest BCUT2D eigenvalue weighted by molar-refractivity contribution is -0.303. The van der Waals surface area contributed by atoms with Crippen molar-refractivity contribution in [2.75, 3.05) is 13.2 Å². The number of allylic oxidation sites excluding steroid dienone is 2. The largest absolute Gasteiger partial charge is 0.394 e. The summed E-state index contributed by atoms with van der Waals surface area (Å²) in [4.78, 5) is 13.2. The van der Waals surface area contributed by atoms with Gasteiger partial charge in [-0.25, -0.2) is 0 Å². The number of unbranched alkanes of at least 4 members (excludes halogenated alkanes) is 44. The van der Waals surface area contributed by atoms with Gasteiger partial charge in [0.25, 0.3) is 0 Å². The van der Waals surface area contributed by atoms with Crippen molar-refractivity contribution in [1.82, 2.24) is 5.32 Å². The highest BCUT2D eigenvalue weighted by Gasteiger charge is 2.44. The van der Waals surface area contributed by atoms with E-state index in [9.17, 15) is 40.5 Å². The van der Waals surface area contributed by atoms with Crippen molar-refractivity contribution >= 4 is 5.91 Å². The normalized spacial score (nSPS) is 19.6. The summed E-state index contributed by atoms with van der Waals surface area (Å²) in [5.41, 5.74) is 0. The number of nitrogens with one attached hydrogen (secondary N) is 1. The number of rotatable bonds is 58. The molecule has 1 amide bonds. The molecule has 76 heavy (non-hydrogen) atoms. The zero-order valence-corrected chi connectivity index (χ0v) is 49.8. The second kappa shape index (κ2) is 54.4. The van der Waals surface area contributed by atoms with Gasteiger partial charge in [0.05, 0.1) is 25.4 Å². The zero-order valence-electron chi connectivity index (χ0n) is 49.8. The molecule has 1 saturated heterocycles. The number of aliphatic hydroxyl groups is 7. The molecule has 9 atom stereocenters. The number of amides is 1. The average molecular weight is 1080 g/mol. The summed E-state index contributed by atoms with van der Waals surface area (Å²) in [6.07, 6.45) is 54.4. The predicted octanol–water partition coefficient (Wildman–Crippen LogP) is 15.1. The Bertz CT molecular complexity index is 1240. The maximum Gasteiger partial charge on any atom is 0.249 e. The van der Waals surface area contributed by atoms with Gasteiger partial charge in [0.2, 0.25) is 5.91 Å². The first-order valence-corrected chi connectivity index (χ1v) is 33.1. The predicted molar refractivity (Wildman–Crippen MR) is 316 cm³/mol. The number of aliphatic hydroxyl groups excluding tert-OH is 7. The molecule has 0 aromatic rings. The van der Waals surface area contributed by atoms with Crippen LogP contribution in [0.5, 0.6) is 0 Å². The first-order valence-electron chi connectivity index (χ1n) is 33.1. The van der Waals surface area contributed by atoms with Gasteiger partial charge in [-0.3, -0.25) is 4.79 Å². The Labute approximate surface area is 468 Å². The third-order valence-corrected chi connectivity index (χ3v) is 16.3. The van der Waals surface area contributed by atoms with E-state index in [-0.39, 0.29) is 6.42 Å². The minimum Gasteiger partial charge on any atom is -0.394 e. The molecule has 1 aliphatic heterocycles. The first kappa shape index (κ1) is 72.9. The quantitative estimate of drug-likeness (QED) is 0.0215. The Balaban J connectivity index is 2.15. The summed E-state index contributed by atoms with van der Waals surface area (Å²) < 4.78 is 11.2. The van der Waals surface area contributed by atoms with E-state index in [1.807, 2.05) is 0 Å². The van der Waals surface area contributed by atoms with E-state index < -0.39 is 74.2 Å². The van der Waals surface area contributed by atoms with E-state index in [1.165, 1.54) is 250 Å². The Morgan fingerprint density at radius 1 is 0.447 bits per heavy atom. The SMILES string of the molecule is CCCCCCCCCCCCCCCC/C=C\CCCCCCCCCCCCCCCCCCC(O)C(=O)NC(COC1OC(CO)C(O)C(O)C1O)C(O)C(O)CCCCCCCCCCCCCCCCC. The van der Waals surface area contributed by atoms with Gasteiger partial charge in [-0.1, -0.05) is 302 Å². The van der Waals surface area contributed by atoms with E-state index >= 15 is 0 Å². The molecular weight excluding hydrogens is 955 g/mol. The summed E-state index contributed by atoms with van der Waals surface area (Å²) in [5.74, 6) is -0.690. The van der Waals surface area contributed by atoms with E-state index in [0.29, 0.717) is 19.3 Å². The zero-order chi connectivity index (χ0) is 55.4. The topological polar surface area (TPSA) is 189 Å². The van der Waals surface area contributed by atoms with Crippen LogP contribution in [-0.4, -0.2) is 110 Å². The molecular formula is C65H127NO10. The molecule has 8 N–H and O–H groups in total. The number of carbonyl (C=O) groups is 1. The maximum absolute atomic E-state index is 13.2. The van der Waals surface area contributed by atoms with Crippen LogP contribution in [0.15, 0.2) is 12.2 Å². The first-order chi connectivity index (χ1) is 37.2. The highest BCUT2D eigenvalue weighted by atomic mass is 16.7. The van der Waals surface area contributed by atoms with E-state index in [0.717, 1.165) is 38.5 Å². The second-order valence-corrected chi connectivity index (χ2v) is 23.5. The third kappa shape index (κ3) is 41.8. The molecule has 0 saturated carbocycles. The van der Waals surface area contributed by atoms with Crippen LogP contribution in [0.2, 0.25) is 0 Å². The molecule has 0 radical (unpaired) electrons. The van der Waals surface area contributed by atoms with Crippen LogP contribution < -0.4 is 5.32 Å². The number of hydrogen-bond acceptors (Lipinski definition) is 10. The van der Waals surface area contributed by atoms with Gasteiger partial charge in [0, 0.05) is 0 Å². The van der Waals surface area contributed by atoms with Gasteiger partial charge in [0.1, 0.15) is 36.6 Å². The monoisotopic (exact) mass is 1080 g/mol. The third-order valence-electron chi connectivity index (χ3n) is 16.3. The van der Waals surface area contributed by atoms with Crippen molar-refractivity contribution in [2.24, 2.45) is 0 Å². The van der Waals surface area contributed by atoms with Gasteiger partial charge in [0.15, 0.2) is 6.29 Å². The molecule has 1 aliphatic rings. The standard InChI is InChI=1S/C65H127NO10/c1-3-5-7-9-11-13-15-17-19-20-21-22-23-24-25-26-27-28-29-30-31-32-33-34-35-36-37-39-41-43-45-47-49-51-53-58(69)64(74)66-56(55-75-65-63(73)62(72)61(71)59(54-67)76-65)60(70)57(68)52-50-48-46-44-42-40-38-18-16-14-12-10-8-6-4-2/h26-27,56-63,65,67-73H,3-25,28-55H2,1-2H3,(H,66,74)/b27-26-. The highest BCUT2D eigenvalue weighted by Crippen LogP contribution is 2.24. The molecule has 0 aliphatic carbocycles. The summed E-state index contributed by atoms with van der Waals surface area (Å²) in [6.45, 7) is 3.50. The second-order valence-electron chi connectivity index (χ2n) is 23.5. The number of hydrogen-bond donors (Lipinski definition) is 8. The summed E-state index contributed by atoms with van der Waals surface area (Å²) in [5, 5.41) is 76.3. The van der Waals surface area contributed by atoms with E-state index in [1.54, 1.807) is 0 Å². The fraction of sp³-hybridized carbons (Fsp3) is 0.954. The molecule has 1 rings (SSSR count). The van der Waals surface area contributed by atoms with Crippen molar-refractivity contribution in [3.8, 4) is 0 Å².